The number of aromatic amines is 1. The highest BCUT2D eigenvalue weighted by atomic mass is 127. The number of hydrogen-bond acceptors (Lipinski definition) is 4. The maximum Gasteiger partial charge on any atom is 0.245 e. The summed E-state index contributed by atoms with van der Waals surface area (Å²) in [5.41, 5.74) is 0.958. The molecule has 1 saturated heterocycles. The van der Waals surface area contributed by atoms with Gasteiger partial charge in [0, 0.05) is 35.3 Å². The fourth-order valence-electron chi connectivity index (χ4n) is 2.03. The zero-order valence-electron chi connectivity index (χ0n) is 10.2. The molecule has 0 saturated carbocycles. The Morgan fingerprint density at radius 2 is 2.05 bits per heavy atom. The van der Waals surface area contributed by atoms with Gasteiger partial charge in [-0.3, -0.25) is 5.10 Å². The van der Waals surface area contributed by atoms with Gasteiger partial charge in [0.2, 0.25) is 5.95 Å². The number of rotatable bonds is 2. The Labute approximate surface area is 129 Å². The van der Waals surface area contributed by atoms with E-state index in [4.69, 9.17) is 11.6 Å². The van der Waals surface area contributed by atoms with E-state index in [0.717, 1.165) is 52.1 Å². The van der Waals surface area contributed by atoms with Crippen LogP contribution in [0.3, 0.4) is 0 Å². The van der Waals surface area contributed by atoms with E-state index in [9.17, 15) is 0 Å². The number of aromatic nitrogens is 3. The summed E-state index contributed by atoms with van der Waals surface area (Å²) in [5, 5.41) is 11.3. The minimum Gasteiger partial charge on any atom is -0.337 e. The average Bonchev–Trinajstić information content (AvgIpc) is 2.93. The minimum atomic E-state index is 0.734. The molecule has 0 radical (unpaired) electrons. The molecule has 5 nitrogen and oxygen atoms in total. The molecule has 1 aromatic heterocycles. The van der Waals surface area contributed by atoms with E-state index in [-0.39, 0.29) is 0 Å². The standard InChI is InChI=1S/C12H13ClIN5/c13-9-7-8(1-2-10(9)14)11-16-12(18-17-11)19-5-3-15-4-6-19/h1-2,7,15H,3-6H2,(H,16,17,18). The number of anilines is 1. The molecule has 0 bridgehead atoms. The number of benzene rings is 1. The topological polar surface area (TPSA) is 56.8 Å². The largest absolute Gasteiger partial charge is 0.337 e. The van der Waals surface area contributed by atoms with Crippen LogP contribution in [0.2, 0.25) is 5.02 Å². The number of hydrogen-bond donors (Lipinski definition) is 2. The second-order valence-corrected chi connectivity index (χ2v) is 5.92. The lowest BCUT2D eigenvalue weighted by molar-refractivity contribution is 0.580. The Morgan fingerprint density at radius 1 is 1.26 bits per heavy atom. The van der Waals surface area contributed by atoms with Gasteiger partial charge in [-0.1, -0.05) is 17.7 Å². The summed E-state index contributed by atoms with van der Waals surface area (Å²) in [4.78, 5) is 6.72. The molecule has 0 unspecified atom stereocenters. The number of nitrogens with one attached hydrogen (secondary N) is 2. The third-order valence-corrected chi connectivity index (χ3v) is 4.64. The number of nitrogens with zero attached hydrogens (tertiary/aromatic N) is 3. The minimum absolute atomic E-state index is 0.734. The predicted molar refractivity (Wildman–Crippen MR) is 84.6 cm³/mol. The molecule has 3 rings (SSSR count). The van der Waals surface area contributed by atoms with Crippen molar-refractivity contribution in [3.05, 3.63) is 26.8 Å². The van der Waals surface area contributed by atoms with Crippen molar-refractivity contribution in [1.29, 1.82) is 0 Å². The van der Waals surface area contributed by atoms with Crippen LogP contribution in [0.25, 0.3) is 11.4 Å². The molecular weight excluding hydrogens is 377 g/mol. The van der Waals surface area contributed by atoms with E-state index < -0.39 is 0 Å². The lowest BCUT2D eigenvalue weighted by Gasteiger charge is -2.25. The van der Waals surface area contributed by atoms with E-state index in [1.807, 2.05) is 18.2 Å². The van der Waals surface area contributed by atoms with Crippen LogP contribution in [-0.4, -0.2) is 41.4 Å². The second kappa shape index (κ2) is 5.64. The summed E-state index contributed by atoms with van der Waals surface area (Å²) in [6, 6.07) is 5.88. The molecule has 7 heteroatoms. The first-order valence-electron chi connectivity index (χ1n) is 6.07. The second-order valence-electron chi connectivity index (χ2n) is 4.35. The molecule has 100 valence electrons. The molecule has 2 N–H and O–H groups in total. The Balaban J connectivity index is 1.85. The Morgan fingerprint density at radius 3 is 2.79 bits per heavy atom. The van der Waals surface area contributed by atoms with Crippen molar-refractivity contribution in [1.82, 2.24) is 20.5 Å². The van der Waals surface area contributed by atoms with Gasteiger partial charge in [-0.2, -0.15) is 4.98 Å². The molecule has 1 aliphatic heterocycles. The van der Waals surface area contributed by atoms with E-state index in [0.29, 0.717) is 0 Å². The van der Waals surface area contributed by atoms with E-state index >= 15 is 0 Å². The molecule has 1 aromatic carbocycles. The van der Waals surface area contributed by atoms with Crippen molar-refractivity contribution in [3.63, 3.8) is 0 Å². The first-order valence-corrected chi connectivity index (χ1v) is 7.53. The van der Waals surface area contributed by atoms with Gasteiger partial charge in [0.05, 0.1) is 5.02 Å². The number of piperazine rings is 1. The first-order chi connectivity index (χ1) is 9.24. The smallest absolute Gasteiger partial charge is 0.245 e. The van der Waals surface area contributed by atoms with Gasteiger partial charge in [0.1, 0.15) is 0 Å². The van der Waals surface area contributed by atoms with Gasteiger partial charge in [-0.15, -0.1) is 5.10 Å². The third-order valence-electron chi connectivity index (χ3n) is 3.07. The van der Waals surface area contributed by atoms with Gasteiger partial charge in [0.25, 0.3) is 0 Å². The van der Waals surface area contributed by atoms with Crippen LogP contribution in [-0.2, 0) is 0 Å². The molecule has 0 aliphatic carbocycles. The molecule has 0 atom stereocenters. The van der Waals surface area contributed by atoms with Crippen molar-refractivity contribution >= 4 is 40.1 Å². The highest BCUT2D eigenvalue weighted by molar-refractivity contribution is 14.1. The third kappa shape index (κ3) is 2.85. The lowest BCUT2D eigenvalue weighted by Crippen LogP contribution is -2.44. The lowest BCUT2D eigenvalue weighted by atomic mass is 10.2. The predicted octanol–water partition coefficient (Wildman–Crippen LogP) is 2.14. The average molecular weight is 390 g/mol. The molecule has 2 aromatic rings. The fourth-order valence-corrected chi connectivity index (χ4v) is 2.55. The molecule has 19 heavy (non-hydrogen) atoms. The molecule has 0 amide bonds. The Kier molecular flexibility index (Phi) is 3.90. The van der Waals surface area contributed by atoms with Crippen molar-refractivity contribution in [2.45, 2.75) is 0 Å². The molecule has 0 spiro atoms. The zero-order valence-corrected chi connectivity index (χ0v) is 13.1. The van der Waals surface area contributed by atoms with Gasteiger partial charge in [0.15, 0.2) is 5.82 Å². The monoisotopic (exact) mass is 389 g/mol. The Bertz CT molecular complexity index is 579. The highest BCUT2D eigenvalue weighted by Crippen LogP contribution is 2.25. The normalized spacial score (nSPS) is 15.8. The van der Waals surface area contributed by atoms with Gasteiger partial charge in [-0.25, -0.2) is 0 Å². The van der Waals surface area contributed by atoms with E-state index in [1.165, 1.54) is 0 Å². The van der Waals surface area contributed by atoms with Crippen molar-refractivity contribution in [2.75, 3.05) is 31.1 Å². The van der Waals surface area contributed by atoms with E-state index in [1.54, 1.807) is 0 Å². The summed E-state index contributed by atoms with van der Waals surface area (Å²) in [5.74, 6) is 1.51. The first kappa shape index (κ1) is 13.1. The van der Waals surface area contributed by atoms with Crippen LogP contribution >= 0.6 is 34.2 Å². The molecule has 1 aliphatic rings. The molecule has 1 fully saturated rings. The zero-order chi connectivity index (χ0) is 13.2. The van der Waals surface area contributed by atoms with Crippen LogP contribution in [0, 0.1) is 3.57 Å². The van der Waals surface area contributed by atoms with Gasteiger partial charge >= 0.3 is 0 Å². The summed E-state index contributed by atoms with van der Waals surface area (Å²) in [6.07, 6.45) is 0. The SMILES string of the molecule is Clc1cc(-c2nc(N3CCNCC3)n[nH]2)ccc1I. The number of halogens is 2. The maximum absolute atomic E-state index is 6.13. The van der Waals surface area contributed by atoms with Gasteiger partial charge in [-0.05, 0) is 34.7 Å². The highest BCUT2D eigenvalue weighted by Gasteiger charge is 2.15. The van der Waals surface area contributed by atoms with Crippen molar-refractivity contribution in [3.8, 4) is 11.4 Å². The van der Waals surface area contributed by atoms with Crippen LogP contribution in [0.15, 0.2) is 18.2 Å². The summed E-state index contributed by atoms with van der Waals surface area (Å²) in [7, 11) is 0. The molecule has 2 heterocycles. The van der Waals surface area contributed by atoms with Crippen molar-refractivity contribution in [2.24, 2.45) is 0 Å². The summed E-state index contributed by atoms with van der Waals surface area (Å²) >= 11 is 8.34. The fraction of sp³-hybridized carbons (Fsp3) is 0.333. The van der Waals surface area contributed by atoms with Crippen LogP contribution < -0.4 is 10.2 Å². The molecular formula is C12H13ClIN5. The quantitative estimate of drug-likeness (QED) is 0.773. The Hall–Kier alpha value is -0.860. The van der Waals surface area contributed by atoms with E-state index in [2.05, 4.69) is 48.0 Å². The van der Waals surface area contributed by atoms with Gasteiger partial charge < -0.3 is 10.2 Å². The van der Waals surface area contributed by atoms with Crippen LogP contribution in [0.1, 0.15) is 0 Å². The maximum atomic E-state index is 6.13. The summed E-state index contributed by atoms with van der Waals surface area (Å²) in [6.45, 7) is 3.81. The number of H-pyrrole nitrogens is 1. The van der Waals surface area contributed by atoms with Crippen LogP contribution in [0.5, 0.6) is 0 Å². The summed E-state index contributed by atoms with van der Waals surface area (Å²) < 4.78 is 1.03. The van der Waals surface area contributed by atoms with Crippen molar-refractivity contribution < 1.29 is 0 Å². The van der Waals surface area contributed by atoms with Crippen LogP contribution in [0.4, 0.5) is 5.95 Å².